The fraction of sp³-hybridized carbons (Fsp3) is 0.200. The summed E-state index contributed by atoms with van der Waals surface area (Å²) in [6.07, 6.45) is -3.05. The molecule has 1 amide bonds. The van der Waals surface area contributed by atoms with Gasteiger partial charge in [0, 0.05) is 24.7 Å². The van der Waals surface area contributed by atoms with Crippen LogP contribution in [0.2, 0.25) is 0 Å². The number of alkyl halides is 3. The van der Waals surface area contributed by atoms with E-state index in [9.17, 15) is 23.1 Å². The molecule has 0 radical (unpaired) electrons. The van der Waals surface area contributed by atoms with Crippen molar-refractivity contribution in [2.75, 3.05) is 16.8 Å². The molecular formula is C25H21F3N6O2. The summed E-state index contributed by atoms with van der Waals surface area (Å²) in [4.78, 5) is 18.9. The van der Waals surface area contributed by atoms with Crippen LogP contribution in [0.4, 0.5) is 24.8 Å². The molecule has 0 fully saturated rings. The molecule has 3 heterocycles. The number of carbonyl (C=O) groups is 1. The zero-order chi connectivity index (χ0) is 25.6. The first-order chi connectivity index (χ1) is 17.2. The van der Waals surface area contributed by atoms with Gasteiger partial charge in [0.05, 0.1) is 12.1 Å². The summed E-state index contributed by atoms with van der Waals surface area (Å²) in [6, 6.07) is 11.8. The van der Waals surface area contributed by atoms with Crippen LogP contribution in [0.25, 0.3) is 22.5 Å². The van der Waals surface area contributed by atoms with Gasteiger partial charge in [-0.3, -0.25) is 9.69 Å². The van der Waals surface area contributed by atoms with Gasteiger partial charge in [-0.15, -0.1) is 10.2 Å². The van der Waals surface area contributed by atoms with Crippen molar-refractivity contribution >= 4 is 17.5 Å². The lowest BCUT2D eigenvalue weighted by Gasteiger charge is -2.19. The van der Waals surface area contributed by atoms with E-state index in [-0.39, 0.29) is 29.2 Å². The van der Waals surface area contributed by atoms with Gasteiger partial charge in [0.15, 0.2) is 5.82 Å². The highest BCUT2D eigenvalue weighted by Crippen LogP contribution is 2.40. The molecule has 0 bridgehead atoms. The molecular weight excluding hydrogens is 473 g/mol. The quantitative estimate of drug-likeness (QED) is 0.411. The Morgan fingerprint density at radius 3 is 2.58 bits per heavy atom. The minimum atomic E-state index is -4.58. The van der Waals surface area contributed by atoms with E-state index in [1.54, 1.807) is 35.9 Å². The van der Waals surface area contributed by atoms with Crippen LogP contribution in [0.3, 0.4) is 0 Å². The number of pyridine rings is 1. The summed E-state index contributed by atoms with van der Waals surface area (Å²) in [5, 5.41) is 21.3. The number of hydrogen-bond acceptors (Lipinski definition) is 6. The lowest BCUT2D eigenvalue weighted by atomic mass is 9.99. The van der Waals surface area contributed by atoms with Gasteiger partial charge >= 0.3 is 6.18 Å². The number of benzene rings is 2. The number of nitrogens with zero attached hydrogens (tertiary/aromatic N) is 5. The Morgan fingerprint density at radius 1 is 1.08 bits per heavy atom. The van der Waals surface area contributed by atoms with Crippen LogP contribution in [0, 0.1) is 0 Å². The van der Waals surface area contributed by atoms with Gasteiger partial charge < -0.3 is 15.0 Å². The van der Waals surface area contributed by atoms with E-state index in [2.05, 4.69) is 20.5 Å². The molecule has 8 nitrogen and oxygen atoms in total. The monoisotopic (exact) mass is 494 g/mol. The molecule has 0 saturated carbocycles. The molecule has 4 aromatic rings. The lowest BCUT2D eigenvalue weighted by molar-refractivity contribution is -0.138. The van der Waals surface area contributed by atoms with Gasteiger partial charge in [0.2, 0.25) is 0 Å². The number of amides is 1. The number of anilines is 2. The molecule has 1 aliphatic rings. The van der Waals surface area contributed by atoms with Crippen LogP contribution >= 0.6 is 0 Å². The number of phenolic OH excluding ortho intramolecular Hbond substituents is 1. The molecule has 184 valence electrons. The number of rotatable bonds is 5. The van der Waals surface area contributed by atoms with Gasteiger partial charge in [-0.1, -0.05) is 6.07 Å². The molecule has 0 saturated heterocycles. The second-order valence-electron chi connectivity index (χ2n) is 8.35. The molecule has 36 heavy (non-hydrogen) atoms. The first kappa shape index (κ1) is 23.3. The van der Waals surface area contributed by atoms with Crippen molar-refractivity contribution in [3.63, 3.8) is 0 Å². The van der Waals surface area contributed by atoms with Crippen LogP contribution in [-0.2, 0) is 19.8 Å². The largest absolute Gasteiger partial charge is 0.508 e. The Bertz CT molecular complexity index is 1480. The van der Waals surface area contributed by atoms with E-state index in [4.69, 9.17) is 0 Å². The smallest absolute Gasteiger partial charge is 0.416 e. The standard InChI is InChI=1S/C25H21F3N6O2/c1-3-29-21-9-14(16-8-7-15(35)11-18(16)23-32-30-13-33(23)2)10-22(31-21)34-12-19-17(24(34)36)5-4-6-20(19)25(26,27)28/h4-11,13,35H,3,12H2,1-2H3,(H,29,31). The molecule has 11 heteroatoms. The van der Waals surface area contributed by atoms with Crippen molar-refractivity contribution in [2.45, 2.75) is 19.6 Å². The average Bonchev–Trinajstić information content (AvgIpc) is 3.41. The summed E-state index contributed by atoms with van der Waals surface area (Å²) in [7, 11) is 1.77. The Labute approximate surface area is 204 Å². The van der Waals surface area contributed by atoms with Gasteiger partial charge in [-0.2, -0.15) is 13.2 Å². The highest BCUT2D eigenvalue weighted by Gasteiger charge is 2.40. The number of nitrogens with one attached hydrogen (secondary N) is 1. The van der Waals surface area contributed by atoms with E-state index in [0.717, 1.165) is 6.07 Å². The Balaban J connectivity index is 1.64. The van der Waals surface area contributed by atoms with E-state index >= 15 is 0 Å². The lowest BCUT2D eigenvalue weighted by Crippen LogP contribution is -2.24. The maximum atomic E-state index is 13.6. The molecule has 0 unspecified atom stereocenters. The van der Waals surface area contributed by atoms with Crippen LogP contribution < -0.4 is 10.2 Å². The number of carbonyl (C=O) groups excluding carboxylic acids is 1. The molecule has 1 aliphatic heterocycles. The Kier molecular flexibility index (Phi) is 5.62. The zero-order valence-corrected chi connectivity index (χ0v) is 19.3. The second-order valence-corrected chi connectivity index (χ2v) is 8.35. The highest BCUT2D eigenvalue weighted by atomic mass is 19.4. The predicted molar refractivity (Wildman–Crippen MR) is 127 cm³/mol. The van der Waals surface area contributed by atoms with Gasteiger partial charge in [0.1, 0.15) is 23.7 Å². The number of halogens is 3. The topological polar surface area (TPSA) is 96.2 Å². The predicted octanol–water partition coefficient (Wildman–Crippen LogP) is 4.86. The van der Waals surface area contributed by atoms with Crippen LogP contribution in [0.5, 0.6) is 5.75 Å². The normalized spacial score (nSPS) is 13.2. The van der Waals surface area contributed by atoms with Crippen molar-refractivity contribution in [2.24, 2.45) is 7.05 Å². The highest BCUT2D eigenvalue weighted by molar-refractivity contribution is 6.10. The third kappa shape index (κ3) is 4.02. The molecule has 0 atom stereocenters. The Hall–Kier alpha value is -4.41. The van der Waals surface area contributed by atoms with Crippen LogP contribution in [-0.4, -0.2) is 37.3 Å². The molecule has 2 aromatic heterocycles. The third-order valence-electron chi connectivity index (χ3n) is 5.99. The van der Waals surface area contributed by atoms with E-state index < -0.39 is 17.6 Å². The number of aromatic hydroxyl groups is 1. The van der Waals surface area contributed by atoms with E-state index in [1.165, 1.54) is 29.4 Å². The first-order valence-electron chi connectivity index (χ1n) is 11.1. The van der Waals surface area contributed by atoms with Gasteiger partial charge in [-0.05, 0) is 66.1 Å². The van der Waals surface area contributed by atoms with Gasteiger partial charge in [0.25, 0.3) is 5.91 Å². The summed E-state index contributed by atoms with van der Waals surface area (Å²) in [5.41, 5.74) is 0.996. The Morgan fingerprint density at radius 2 is 1.89 bits per heavy atom. The average molecular weight is 494 g/mol. The third-order valence-corrected chi connectivity index (χ3v) is 5.99. The van der Waals surface area contributed by atoms with Gasteiger partial charge in [-0.25, -0.2) is 4.98 Å². The molecule has 2 aromatic carbocycles. The van der Waals surface area contributed by atoms with Crippen LogP contribution in [0.1, 0.15) is 28.4 Å². The van der Waals surface area contributed by atoms with Crippen molar-refractivity contribution in [1.82, 2.24) is 19.7 Å². The fourth-order valence-corrected chi connectivity index (χ4v) is 4.36. The van der Waals surface area contributed by atoms with Crippen molar-refractivity contribution in [1.29, 1.82) is 0 Å². The molecule has 0 spiro atoms. The fourth-order valence-electron chi connectivity index (χ4n) is 4.36. The van der Waals surface area contributed by atoms with Crippen molar-refractivity contribution < 1.29 is 23.1 Å². The summed E-state index contributed by atoms with van der Waals surface area (Å²) >= 11 is 0. The maximum Gasteiger partial charge on any atom is 0.416 e. The van der Waals surface area contributed by atoms with Crippen molar-refractivity contribution in [3.8, 4) is 28.3 Å². The van der Waals surface area contributed by atoms with E-state index in [1.807, 2.05) is 6.92 Å². The van der Waals surface area contributed by atoms with Crippen LogP contribution in [0.15, 0.2) is 54.9 Å². The number of aryl methyl sites for hydroxylation is 1. The minimum Gasteiger partial charge on any atom is -0.508 e. The summed E-state index contributed by atoms with van der Waals surface area (Å²) < 4.78 is 42.5. The first-order valence-corrected chi connectivity index (χ1v) is 11.1. The summed E-state index contributed by atoms with van der Waals surface area (Å²) in [5.74, 6) is 0.630. The number of aromatic nitrogens is 4. The zero-order valence-electron chi connectivity index (χ0n) is 19.3. The molecule has 2 N–H and O–H groups in total. The second kappa shape index (κ2) is 8.67. The minimum absolute atomic E-state index is 0.00596. The number of hydrogen-bond donors (Lipinski definition) is 2. The SMILES string of the molecule is CCNc1cc(-c2ccc(O)cc2-c2nncn2C)cc(N2Cc3c(cccc3C(F)(F)F)C2=O)n1. The molecule has 0 aliphatic carbocycles. The molecule has 5 rings (SSSR count). The summed E-state index contributed by atoms with van der Waals surface area (Å²) in [6.45, 7) is 2.16. The maximum absolute atomic E-state index is 13.6. The number of fused-ring (bicyclic) bond motifs is 1. The number of phenols is 1. The van der Waals surface area contributed by atoms with E-state index in [0.29, 0.717) is 34.9 Å². The van der Waals surface area contributed by atoms with Crippen molar-refractivity contribution in [3.05, 3.63) is 71.5 Å².